The molecule has 0 aromatic heterocycles. The second-order valence-electron chi connectivity index (χ2n) is 5.31. The van der Waals surface area contributed by atoms with E-state index in [4.69, 9.17) is 4.74 Å². The van der Waals surface area contributed by atoms with Gasteiger partial charge in [-0.3, -0.25) is 0 Å². The molecule has 0 spiro atoms. The zero-order chi connectivity index (χ0) is 13.2. The summed E-state index contributed by atoms with van der Waals surface area (Å²) in [5.41, 5.74) is 5.07. The van der Waals surface area contributed by atoms with Crippen molar-refractivity contribution >= 4 is 5.69 Å². The Bertz CT molecular complexity index is 546. The third kappa shape index (κ3) is 2.73. The largest absolute Gasteiger partial charge is 0.488 e. The number of fused-ring (bicyclic) bond motifs is 1. The molecule has 0 amide bonds. The van der Waals surface area contributed by atoms with Crippen LogP contribution in [0.4, 0.5) is 5.69 Å². The topological polar surface area (TPSA) is 21.3 Å². The van der Waals surface area contributed by atoms with Crippen molar-refractivity contribution in [1.82, 2.24) is 0 Å². The molecule has 0 saturated carbocycles. The van der Waals surface area contributed by atoms with Gasteiger partial charge in [-0.25, -0.2) is 0 Å². The van der Waals surface area contributed by atoms with Crippen molar-refractivity contribution in [3.05, 3.63) is 59.2 Å². The molecule has 98 valence electrons. The maximum atomic E-state index is 5.93. The fraction of sp³-hybridized carbons (Fsp3) is 0.294. The van der Waals surface area contributed by atoms with E-state index in [0.29, 0.717) is 0 Å². The smallest absolute Gasteiger partial charge is 0.123 e. The Morgan fingerprint density at radius 1 is 1.11 bits per heavy atom. The summed E-state index contributed by atoms with van der Waals surface area (Å²) in [4.78, 5) is 0. The highest BCUT2D eigenvalue weighted by molar-refractivity contribution is 5.48. The second kappa shape index (κ2) is 4.96. The summed E-state index contributed by atoms with van der Waals surface area (Å²) in [5.74, 6) is 1.04. The van der Waals surface area contributed by atoms with E-state index in [9.17, 15) is 0 Å². The summed E-state index contributed by atoms with van der Waals surface area (Å²) in [6.07, 6.45) is 1.23. The molecule has 1 unspecified atom stereocenters. The van der Waals surface area contributed by atoms with Crippen LogP contribution in [0, 0.1) is 13.8 Å². The number of hydrogen-bond acceptors (Lipinski definition) is 2. The van der Waals surface area contributed by atoms with Gasteiger partial charge in [-0.1, -0.05) is 24.3 Å². The van der Waals surface area contributed by atoms with E-state index < -0.39 is 0 Å². The predicted molar refractivity (Wildman–Crippen MR) is 79.0 cm³/mol. The number of para-hydroxylation sites is 1. The Hall–Kier alpha value is -1.96. The molecule has 2 aromatic carbocycles. The minimum Gasteiger partial charge on any atom is -0.488 e. The maximum Gasteiger partial charge on any atom is 0.123 e. The van der Waals surface area contributed by atoms with E-state index in [1.54, 1.807) is 0 Å². The molecule has 1 aliphatic rings. The van der Waals surface area contributed by atoms with E-state index >= 15 is 0 Å². The van der Waals surface area contributed by atoms with Crippen molar-refractivity contribution in [2.45, 2.75) is 26.4 Å². The number of ether oxygens (including phenoxy) is 1. The van der Waals surface area contributed by atoms with Crippen LogP contribution in [-0.4, -0.2) is 12.6 Å². The second-order valence-corrected chi connectivity index (χ2v) is 5.31. The number of anilines is 1. The molecular formula is C17H19NO. The van der Waals surface area contributed by atoms with E-state index in [1.165, 1.54) is 22.4 Å². The first-order valence-electron chi connectivity index (χ1n) is 6.77. The van der Waals surface area contributed by atoms with Gasteiger partial charge in [0.1, 0.15) is 11.9 Å². The van der Waals surface area contributed by atoms with Crippen molar-refractivity contribution in [3.8, 4) is 5.75 Å². The highest BCUT2D eigenvalue weighted by Crippen LogP contribution is 2.28. The molecule has 2 nitrogen and oxygen atoms in total. The Morgan fingerprint density at radius 2 is 1.84 bits per heavy atom. The van der Waals surface area contributed by atoms with Crippen LogP contribution in [0.15, 0.2) is 42.5 Å². The lowest BCUT2D eigenvalue weighted by molar-refractivity contribution is 0.246. The van der Waals surface area contributed by atoms with Gasteiger partial charge in [-0.2, -0.15) is 0 Å². The van der Waals surface area contributed by atoms with Crippen molar-refractivity contribution in [1.29, 1.82) is 0 Å². The van der Waals surface area contributed by atoms with Crippen LogP contribution in [0.5, 0.6) is 5.75 Å². The van der Waals surface area contributed by atoms with Crippen LogP contribution in [0.25, 0.3) is 0 Å². The molecule has 2 heteroatoms. The lowest BCUT2D eigenvalue weighted by Crippen LogP contribution is -2.24. The van der Waals surface area contributed by atoms with Crippen molar-refractivity contribution in [3.63, 3.8) is 0 Å². The fourth-order valence-electron chi connectivity index (χ4n) is 2.68. The average Bonchev–Trinajstić information content (AvgIpc) is 2.78. The first-order chi connectivity index (χ1) is 9.20. The zero-order valence-electron chi connectivity index (χ0n) is 11.4. The Morgan fingerprint density at radius 3 is 2.58 bits per heavy atom. The molecule has 1 aliphatic heterocycles. The van der Waals surface area contributed by atoms with Gasteiger partial charge in [0.15, 0.2) is 0 Å². The van der Waals surface area contributed by atoms with Gasteiger partial charge in [0.25, 0.3) is 0 Å². The van der Waals surface area contributed by atoms with Crippen molar-refractivity contribution in [2.24, 2.45) is 0 Å². The first kappa shape index (κ1) is 12.1. The van der Waals surface area contributed by atoms with Gasteiger partial charge in [-0.15, -0.1) is 0 Å². The van der Waals surface area contributed by atoms with E-state index in [-0.39, 0.29) is 6.10 Å². The maximum absolute atomic E-state index is 5.93. The molecule has 0 saturated heterocycles. The third-order valence-corrected chi connectivity index (χ3v) is 3.47. The molecule has 0 aliphatic carbocycles. The quantitative estimate of drug-likeness (QED) is 0.900. The normalized spacial score (nSPS) is 16.8. The number of nitrogens with one attached hydrogen (secondary N) is 1. The zero-order valence-corrected chi connectivity index (χ0v) is 11.4. The van der Waals surface area contributed by atoms with Crippen LogP contribution in [0.2, 0.25) is 0 Å². The van der Waals surface area contributed by atoms with E-state index in [1.807, 2.05) is 12.1 Å². The molecule has 0 radical (unpaired) electrons. The molecule has 0 bridgehead atoms. The minimum atomic E-state index is 0.234. The van der Waals surface area contributed by atoms with Gasteiger partial charge in [0.2, 0.25) is 0 Å². The standard InChI is InChI=1S/C17H19NO/c1-12-7-13(2)9-15(8-12)18-11-16-10-14-5-3-4-6-17(14)19-16/h3-9,16,18H,10-11H2,1-2H3. The first-order valence-corrected chi connectivity index (χ1v) is 6.77. The summed E-state index contributed by atoms with van der Waals surface area (Å²) < 4.78 is 5.93. The highest BCUT2D eigenvalue weighted by Gasteiger charge is 2.21. The Kier molecular flexibility index (Phi) is 3.16. The third-order valence-electron chi connectivity index (χ3n) is 3.47. The molecule has 3 rings (SSSR count). The molecular weight excluding hydrogens is 234 g/mol. The Balaban J connectivity index is 1.62. The van der Waals surface area contributed by atoms with Gasteiger partial charge >= 0.3 is 0 Å². The van der Waals surface area contributed by atoms with Crippen LogP contribution >= 0.6 is 0 Å². The van der Waals surface area contributed by atoms with Gasteiger partial charge in [-0.05, 0) is 48.7 Å². The summed E-state index contributed by atoms with van der Waals surface area (Å²) >= 11 is 0. The summed E-state index contributed by atoms with van der Waals surface area (Å²) in [7, 11) is 0. The summed E-state index contributed by atoms with van der Waals surface area (Å²) in [6, 6.07) is 14.8. The van der Waals surface area contributed by atoms with Crippen LogP contribution in [-0.2, 0) is 6.42 Å². The average molecular weight is 253 g/mol. The molecule has 1 N–H and O–H groups in total. The number of rotatable bonds is 3. The van der Waals surface area contributed by atoms with Gasteiger partial charge in [0, 0.05) is 12.1 Å². The van der Waals surface area contributed by atoms with E-state index in [0.717, 1.165) is 18.7 Å². The van der Waals surface area contributed by atoms with Gasteiger partial charge < -0.3 is 10.1 Å². The van der Waals surface area contributed by atoms with Crippen molar-refractivity contribution in [2.75, 3.05) is 11.9 Å². The molecule has 1 heterocycles. The molecule has 2 aromatic rings. The monoisotopic (exact) mass is 253 g/mol. The predicted octanol–water partition coefficient (Wildman–Crippen LogP) is 3.72. The molecule has 0 fully saturated rings. The molecule has 1 atom stereocenters. The summed E-state index contributed by atoms with van der Waals surface area (Å²) in [5, 5.41) is 3.48. The lowest BCUT2D eigenvalue weighted by Gasteiger charge is -2.14. The SMILES string of the molecule is Cc1cc(C)cc(NCC2Cc3ccccc3O2)c1. The van der Waals surface area contributed by atoms with Crippen LogP contribution in [0.1, 0.15) is 16.7 Å². The van der Waals surface area contributed by atoms with E-state index in [2.05, 4.69) is 49.5 Å². The number of benzene rings is 2. The number of aryl methyl sites for hydroxylation is 2. The summed E-state index contributed by atoms with van der Waals surface area (Å²) in [6.45, 7) is 5.10. The highest BCUT2D eigenvalue weighted by atomic mass is 16.5. The Labute approximate surface area is 114 Å². The minimum absolute atomic E-state index is 0.234. The molecule has 19 heavy (non-hydrogen) atoms. The number of hydrogen-bond donors (Lipinski definition) is 1. The van der Waals surface area contributed by atoms with Gasteiger partial charge in [0.05, 0.1) is 6.54 Å². The van der Waals surface area contributed by atoms with Crippen LogP contribution < -0.4 is 10.1 Å². The lowest BCUT2D eigenvalue weighted by atomic mass is 10.1. The van der Waals surface area contributed by atoms with Crippen LogP contribution in [0.3, 0.4) is 0 Å². The van der Waals surface area contributed by atoms with Crippen molar-refractivity contribution < 1.29 is 4.74 Å². The fourth-order valence-corrected chi connectivity index (χ4v) is 2.68.